The Morgan fingerprint density at radius 2 is 1.77 bits per heavy atom. The van der Waals surface area contributed by atoms with E-state index in [9.17, 15) is 9.59 Å². The fraction of sp³-hybridized carbons (Fsp3) is 0.455. The number of rotatable bonds is 7. The first-order valence-electron chi connectivity index (χ1n) is 10.3. The molecule has 2 aromatic rings. The molecular weight excluding hydrogens is 398 g/mol. The Bertz CT molecular complexity index is 905. The summed E-state index contributed by atoms with van der Waals surface area (Å²) in [5.74, 6) is -0.421. The van der Waals surface area contributed by atoms with Crippen LogP contribution in [0.15, 0.2) is 36.5 Å². The van der Waals surface area contributed by atoms with Gasteiger partial charge in [0.05, 0.1) is 25.9 Å². The van der Waals surface area contributed by atoms with Crippen LogP contribution in [0.2, 0.25) is 0 Å². The first-order chi connectivity index (χ1) is 14.9. The summed E-state index contributed by atoms with van der Waals surface area (Å²) in [5.41, 5.74) is 1.50. The van der Waals surface area contributed by atoms with Crippen LogP contribution in [-0.2, 0) is 16.6 Å². The number of anilines is 1. The first kappa shape index (κ1) is 22.6. The van der Waals surface area contributed by atoms with Crippen LogP contribution in [0.25, 0.3) is 0 Å². The van der Waals surface area contributed by atoms with E-state index < -0.39 is 11.8 Å². The van der Waals surface area contributed by atoms with Crippen LogP contribution < -0.4 is 20.1 Å². The molecule has 0 spiro atoms. The number of hydrogen-bond acceptors (Lipinski definition) is 6. The van der Waals surface area contributed by atoms with Gasteiger partial charge in [0.2, 0.25) is 0 Å². The van der Waals surface area contributed by atoms with Crippen LogP contribution in [-0.4, -0.2) is 80.2 Å². The molecule has 1 aliphatic heterocycles. The lowest BCUT2D eigenvalue weighted by atomic mass is 10.1. The summed E-state index contributed by atoms with van der Waals surface area (Å²) >= 11 is 0. The van der Waals surface area contributed by atoms with Gasteiger partial charge < -0.3 is 29.6 Å². The molecule has 0 bridgehead atoms. The molecule has 0 aliphatic carbocycles. The molecule has 9 nitrogen and oxygen atoms in total. The topological polar surface area (TPSA) is 88.1 Å². The minimum Gasteiger partial charge on any atom is -0.497 e. The summed E-state index contributed by atoms with van der Waals surface area (Å²) in [6.45, 7) is 4.07. The number of carbonyl (C=O) groups excluding carboxylic acids is 2. The normalized spacial score (nSPS) is 15.9. The summed E-state index contributed by atoms with van der Waals surface area (Å²) in [6.07, 6.45) is 1.99. The number of piperazine rings is 1. The standard InChI is InChI=1S/C22H31N5O4/c1-25-10-12-27(13-11-25)19(18-6-5-9-26(18)2)15-23-21(28)22(29)24-17-8-7-16(30-3)14-20(17)31-4/h5-9,14,19H,10-13,15H2,1-4H3,(H,23,28)(H,24,29). The van der Waals surface area contributed by atoms with Crippen LogP contribution in [0.1, 0.15) is 11.7 Å². The van der Waals surface area contributed by atoms with Crippen molar-refractivity contribution in [3.8, 4) is 11.5 Å². The van der Waals surface area contributed by atoms with Crippen molar-refractivity contribution in [2.75, 3.05) is 59.3 Å². The van der Waals surface area contributed by atoms with E-state index >= 15 is 0 Å². The number of benzene rings is 1. The molecule has 1 aliphatic rings. The van der Waals surface area contributed by atoms with Crippen LogP contribution in [0.4, 0.5) is 5.69 Å². The van der Waals surface area contributed by atoms with Gasteiger partial charge in [-0.15, -0.1) is 0 Å². The van der Waals surface area contributed by atoms with Gasteiger partial charge in [0.25, 0.3) is 0 Å². The van der Waals surface area contributed by atoms with Gasteiger partial charge in [-0.25, -0.2) is 0 Å². The van der Waals surface area contributed by atoms with Crippen molar-refractivity contribution in [3.05, 3.63) is 42.2 Å². The van der Waals surface area contributed by atoms with E-state index in [1.165, 1.54) is 7.11 Å². The van der Waals surface area contributed by atoms with E-state index in [1.807, 2.05) is 19.3 Å². The van der Waals surface area contributed by atoms with Crippen LogP contribution in [0.3, 0.4) is 0 Å². The van der Waals surface area contributed by atoms with Crippen LogP contribution in [0, 0.1) is 0 Å². The lowest BCUT2D eigenvalue weighted by Gasteiger charge is -2.38. The van der Waals surface area contributed by atoms with E-state index in [1.54, 1.807) is 25.3 Å². The minimum absolute atomic E-state index is 0.0130. The molecule has 31 heavy (non-hydrogen) atoms. The molecule has 168 valence electrons. The van der Waals surface area contributed by atoms with Gasteiger partial charge in [0.15, 0.2) is 0 Å². The van der Waals surface area contributed by atoms with Crippen molar-refractivity contribution in [1.29, 1.82) is 0 Å². The fourth-order valence-electron chi connectivity index (χ4n) is 3.73. The van der Waals surface area contributed by atoms with Gasteiger partial charge >= 0.3 is 11.8 Å². The maximum Gasteiger partial charge on any atom is 0.313 e. The third-order valence-corrected chi connectivity index (χ3v) is 5.62. The molecule has 3 rings (SSSR count). The Hall–Kier alpha value is -3.04. The smallest absolute Gasteiger partial charge is 0.313 e. The quantitative estimate of drug-likeness (QED) is 0.641. The number of aryl methyl sites for hydroxylation is 1. The van der Waals surface area contributed by atoms with E-state index in [4.69, 9.17) is 9.47 Å². The number of nitrogens with zero attached hydrogens (tertiary/aromatic N) is 3. The second-order valence-corrected chi connectivity index (χ2v) is 7.63. The van der Waals surface area contributed by atoms with Crippen molar-refractivity contribution in [3.63, 3.8) is 0 Å². The molecule has 1 fully saturated rings. The van der Waals surface area contributed by atoms with Crippen molar-refractivity contribution < 1.29 is 19.1 Å². The monoisotopic (exact) mass is 429 g/mol. The van der Waals surface area contributed by atoms with Gasteiger partial charge in [0, 0.05) is 57.7 Å². The summed E-state index contributed by atoms with van der Waals surface area (Å²) in [7, 11) is 7.13. The first-order valence-corrected chi connectivity index (χ1v) is 10.3. The number of aromatic nitrogens is 1. The zero-order valence-electron chi connectivity index (χ0n) is 18.6. The minimum atomic E-state index is -0.743. The predicted octanol–water partition coefficient (Wildman–Crippen LogP) is 1.09. The van der Waals surface area contributed by atoms with Gasteiger partial charge in [-0.05, 0) is 31.3 Å². The molecule has 1 atom stereocenters. The highest BCUT2D eigenvalue weighted by molar-refractivity contribution is 6.39. The Morgan fingerprint density at radius 1 is 1.03 bits per heavy atom. The third-order valence-electron chi connectivity index (χ3n) is 5.62. The lowest BCUT2D eigenvalue weighted by molar-refractivity contribution is -0.136. The Labute approximate surface area is 182 Å². The fourth-order valence-corrected chi connectivity index (χ4v) is 3.73. The highest BCUT2D eigenvalue weighted by Gasteiger charge is 2.27. The van der Waals surface area contributed by atoms with Crippen LogP contribution >= 0.6 is 0 Å². The SMILES string of the molecule is COc1ccc(NC(=O)C(=O)NCC(c2cccn2C)N2CCN(C)CC2)c(OC)c1. The van der Waals surface area contributed by atoms with Crippen molar-refractivity contribution in [1.82, 2.24) is 19.7 Å². The van der Waals surface area contributed by atoms with Gasteiger partial charge in [-0.2, -0.15) is 0 Å². The molecule has 2 heterocycles. The largest absolute Gasteiger partial charge is 0.497 e. The van der Waals surface area contributed by atoms with E-state index in [0.717, 1.165) is 31.9 Å². The third kappa shape index (κ3) is 5.56. The number of ether oxygens (including phenoxy) is 2. The van der Waals surface area contributed by atoms with E-state index in [2.05, 4.69) is 38.1 Å². The molecule has 1 unspecified atom stereocenters. The second kappa shape index (κ2) is 10.3. The predicted molar refractivity (Wildman–Crippen MR) is 118 cm³/mol. The highest BCUT2D eigenvalue weighted by atomic mass is 16.5. The van der Waals surface area contributed by atoms with Crippen molar-refractivity contribution in [2.45, 2.75) is 6.04 Å². The Balaban J connectivity index is 1.65. The summed E-state index contributed by atoms with van der Waals surface area (Å²) < 4.78 is 12.5. The zero-order valence-corrected chi connectivity index (χ0v) is 18.6. The molecule has 2 N–H and O–H groups in total. The molecule has 1 aromatic carbocycles. The molecular formula is C22H31N5O4. The van der Waals surface area contributed by atoms with E-state index in [0.29, 0.717) is 23.7 Å². The van der Waals surface area contributed by atoms with E-state index in [-0.39, 0.29) is 6.04 Å². The number of amides is 2. The molecule has 0 saturated carbocycles. The van der Waals surface area contributed by atoms with Gasteiger partial charge in [-0.3, -0.25) is 14.5 Å². The van der Waals surface area contributed by atoms with Crippen LogP contribution in [0.5, 0.6) is 11.5 Å². The number of nitrogens with one attached hydrogen (secondary N) is 2. The lowest BCUT2D eigenvalue weighted by Crippen LogP contribution is -2.49. The highest BCUT2D eigenvalue weighted by Crippen LogP contribution is 2.29. The molecule has 0 radical (unpaired) electrons. The molecule has 2 amide bonds. The maximum absolute atomic E-state index is 12.5. The summed E-state index contributed by atoms with van der Waals surface area (Å²) in [6, 6.07) is 9.00. The molecule has 9 heteroatoms. The second-order valence-electron chi connectivity index (χ2n) is 7.63. The number of hydrogen-bond donors (Lipinski definition) is 2. The average Bonchev–Trinajstić information content (AvgIpc) is 3.20. The number of likely N-dealkylation sites (N-methyl/N-ethyl adjacent to an activating group) is 1. The summed E-state index contributed by atoms with van der Waals surface area (Å²) in [4.78, 5) is 29.7. The van der Waals surface area contributed by atoms with Crippen molar-refractivity contribution in [2.24, 2.45) is 7.05 Å². The molecule has 1 saturated heterocycles. The Morgan fingerprint density at radius 3 is 2.39 bits per heavy atom. The van der Waals surface area contributed by atoms with Gasteiger partial charge in [0.1, 0.15) is 11.5 Å². The number of methoxy groups -OCH3 is 2. The zero-order chi connectivity index (χ0) is 22.4. The maximum atomic E-state index is 12.5. The van der Waals surface area contributed by atoms with Crippen molar-refractivity contribution >= 4 is 17.5 Å². The molecule has 1 aromatic heterocycles. The number of carbonyl (C=O) groups is 2. The summed E-state index contributed by atoms with van der Waals surface area (Å²) in [5, 5.41) is 5.41. The average molecular weight is 430 g/mol. The Kier molecular flexibility index (Phi) is 7.54. The van der Waals surface area contributed by atoms with Gasteiger partial charge in [-0.1, -0.05) is 0 Å².